The Kier molecular flexibility index (Phi) is 15.3. The fourth-order valence-electron chi connectivity index (χ4n) is 8.59. The van der Waals surface area contributed by atoms with E-state index in [4.69, 9.17) is 28.4 Å². The fourth-order valence-corrected chi connectivity index (χ4v) is 8.59. The highest BCUT2D eigenvalue weighted by Gasteiger charge is 2.52. The molecule has 0 saturated carbocycles. The van der Waals surface area contributed by atoms with E-state index in [1.165, 1.54) is 14.0 Å². The number of carbonyl (C=O) groups is 2. The first-order chi connectivity index (χ1) is 23.9. The third-order valence-corrected chi connectivity index (χ3v) is 12.0. The number of esters is 1. The summed E-state index contributed by atoms with van der Waals surface area (Å²) in [6.45, 7) is 17.8. The average molecular weight is 747 g/mol. The van der Waals surface area contributed by atoms with E-state index in [0.717, 1.165) is 0 Å². The second-order valence-corrected chi connectivity index (χ2v) is 16.9. The van der Waals surface area contributed by atoms with Gasteiger partial charge in [0.1, 0.15) is 35.6 Å². The van der Waals surface area contributed by atoms with Crippen molar-refractivity contribution in [2.75, 3.05) is 34.8 Å². The van der Waals surface area contributed by atoms with Crippen LogP contribution >= 0.6 is 0 Å². The number of methoxy groups -OCH3 is 1. The van der Waals surface area contributed by atoms with Crippen molar-refractivity contribution >= 4 is 11.8 Å². The number of hydrogen-bond donors (Lipinski definition) is 4. The molecule has 4 N–H and O–H groups in total. The molecule has 0 radical (unpaired) electrons. The van der Waals surface area contributed by atoms with E-state index in [0.29, 0.717) is 13.0 Å². The minimum Gasteiger partial charge on any atom is -0.459 e. The first-order valence-corrected chi connectivity index (χ1v) is 19.0. The minimum absolute atomic E-state index is 0.0335. The molecule has 7 unspecified atom stereocenters. The number of ketones is 1. The average Bonchev–Trinajstić information content (AvgIpc) is 3.05. The molecule has 3 saturated heterocycles. The van der Waals surface area contributed by atoms with Crippen molar-refractivity contribution in [3.8, 4) is 0 Å². The molecule has 0 aromatic heterocycles. The van der Waals surface area contributed by atoms with Crippen LogP contribution in [0.15, 0.2) is 0 Å². The molecule has 0 spiro atoms. The van der Waals surface area contributed by atoms with Gasteiger partial charge in [0.05, 0.1) is 29.8 Å². The molecule has 3 heterocycles. The highest BCUT2D eigenvalue weighted by molar-refractivity contribution is 5.91. The predicted octanol–water partition coefficient (Wildman–Crippen LogP) is 2.11. The lowest BCUT2D eigenvalue weighted by atomic mass is 9.77. The number of nitrogens with zero attached hydrogens (tertiary/aromatic N) is 2. The predicted molar refractivity (Wildman–Crippen MR) is 193 cm³/mol. The SMILES string of the molecule is CC[C@H]1OC(=O)[C@H](C)[C@@H](OC2CC(C)(OC)C(=O)C(C)O2)[C@H](C)[C@@H](OC2OC(C)CC(N(C)C)C2O)[C@](C)(O)C[C@@H](C)CN(C)[C@H](C)[C@@H](O)[C@]1(C)O. The zero-order valence-corrected chi connectivity index (χ0v) is 34.1. The Balaban J connectivity index is 2.18. The Morgan fingerprint density at radius 3 is 2.13 bits per heavy atom. The van der Waals surface area contributed by atoms with Gasteiger partial charge in [-0.1, -0.05) is 20.8 Å². The van der Waals surface area contributed by atoms with Crippen LogP contribution in [0.2, 0.25) is 0 Å². The number of aliphatic hydroxyl groups is 4. The van der Waals surface area contributed by atoms with Crippen LogP contribution in [0.3, 0.4) is 0 Å². The van der Waals surface area contributed by atoms with Crippen molar-refractivity contribution in [1.82, 2.24) is 9.80 Å². The van der Waals surface area contributed by atoms with Crippen LogP contribution in [-0.2, 0) is 38.0 Å². The molecule has 0 bridgehead atoms. The van der Waals surface area contributed by atoms with Gasteiger partial charge in [-0.05, 0) is 94.8 Å². The summed E-state index contributed by atoms with van der Waals surface area (Å²) in [5, 5.41) is 47.2. The van der Waals surface area contributed by atoms with Crippen LogP contribution in [0.1, 0.15) is 94.9 Å². The summed E-state index contributed by atoms with van der Waals surface area (Å²) >= 11 is 0. The van der Waals surface area contributed by atoms with E-state index in [2.05, 4.69) is 0 Å². The smallest absolute Gasteiger partial charge is 0.311 e. The van der Waals surface area contributed by atoms with Gasteiger partial charge in [-0.15, -0.1) is 0 Å². The fraction of sp³-hybridized carbons (Fsp3) is 0.947. The summed E-state index contributed by atoms with van der Waals surface area (Å²) in [6.07, 6.45) is -7.72. The summed E-state index contributed by atoms with van der Waals surface area (Å²) in [5.74, 6) is -2.90. The maximum atomic E-state index is 14.2. The Hall–Kier alpha value is -1.30. The summed E-state index contributed by atoms with van der Waals surface area (Å²) in [5.41, 5.74) is -4.59. The second-order valence-electron chi connectivity index (χ2n) is 16.9. The maximum absolute atomic E-state index is 14.2. The highest BCUT2D eigenvalue weighted by atomic mass is 16.7. The van der Waals surface area contributed by atoms with Gasteiger partial charge in [-0.25, -0.2) is 0 Å². The summed E-state index contributed by atoms with van der Waals surface area (Å²) in [4.78, 5) is 31.1. The van der Waals surface area contributed by atoms with E-state index in [9.17, 15) is 30.0 Å². The van der Waals surface area contributed by atoms with Gasteiger partial charge < -0.3 is 58.6 Å². The van der Waals surface area contributed by atoms with Gasteiger partial charge >= 0.3 is 5.97 Å². The van der Waals surface area contributed by atoms with Gasteiger partial charge in [0.25, 0.3) is 0 Å². The molecule has 17 atom stereocenters. The monoisotopic (exact) mass is 746 g/mol. The topological polar surface area (TPSA) is 177 Å². The molecule has 14 heteroatoms. The number of ether oxygens (including phenoxy) is 6. The van der Waals surface area contributed by atoms with Crippen LogP contribution in [0.5, 0.6) is 0 Å². The lowest BCUT2D eigenvalue weighted by molar-refractivity contribution is -0.307. The zero-order valence-electron chi connectivity index (χ0n) is 34.1. The van der Waals surface area contributed by atoms with Crippen LogP contribution < -0.4 is 0 Å². The van der Waals surface area contributed by atoms with Crippen LogP contribution in [0, 0.1) is 17.8 Å². The number of hydrogen-bond acceptors (Lipinski definition) is 14. The quantitative estimate of drug-likeness (QED) is 0.279. The van der Waals surface area contributed by atoms with E-state index in [-0.39, 0.29) is 43.1 Å². The molecule has 0 aromatic carbocycles. The molecule has 14 nitrogen and oxygen atoms in total. The number of Topliss-reactive ketones (excluding diaryl/α,β-unsaturated/α-hetero) is 1. The van der Waals surface area contributed by atoms with E-state index < -0.39 is 89.9 Å². The van der Waals surface area contributed by atoms with E-state index >= 15 is 0 Å². The van der Waals surface area contributed by atoms with Gasteiger partial charge in [0.2, 0.25) is 0 Å². The second kappa shape index (κ2) is 17.7. The molecule has 0 amide bonds. The Morgan fingerprint density at radius 2 is 1.58 bits per heavy atom. The van der Waals surface area contributed by atoms with Crippen LogP contribution in [0.4, 0.5) is 0 Å². The van der Waals surface area contributed by atoms with E-state index in [1.807, 2.05) is 44.8 Å². The lowest BCUT2D eigenvalue weighted by Gasteiger charge is -2.48. The number of cyclic esters (lactones) is 1. The van der Waals surface area contributed by atoms with Gasteiger partial charge in [-0.2, -0.15) is 0 Å². The van der Waals surface area contributed by atoms with Crippen molar-refractivity contribution in [2.45, 2.75) is 179 Å². The minimum atomic E-state index is -1.81. The molecule has 0 aromatic rings. The first-order valence-electron chi connectivity index (χ1n) is 19.0. The Labute approximate surface area is 311 Å². The summed E-state index contributed by atoms with van der Waals surface area (Å²) in [6, 6.07) is -0.823. The van der Waals surface area contributed by atoms with Gasteiger partial charge in [0.15, 0.2) is 18.4 Å². The van der Waals surface area contributed by atoms with Crippen molar-refractivity contribution in [3.05, 3.63) is 0 Å². The molecular formula is C38H70N2O12. The molecule has 0 aliphatic carbocycles. The third-order valence-electron chi connectivity index (χ3n) is 12.0. The van der Waals surface area contributed by atoms with Crippen molar-refractivity contribution in [1.29, 1.82) is 0 Å². The molecule has 3 aliphatic rings. The van der Waals surface area contributed by atoms with Crippen LogP contribution in [-0.4, -0.2) is 161 Å². The normalized spacial score (nSPS) is 48.2. The molecule has 304 valence electrons. The molecule has 3 fully saturated rings. The first kappa shape index (κ1) is 45.1. The van der Waals surface area contributed by atoms with Crippen molar-refractivity contribution in [3.63, 3.8) is 0 Å². The number of carbonyl (C=O) groups excluding carboxylic acids is 2. The third kappa shape index (κ3) is 9.92. The number of aliphatic hydroxyl groups excluding tert-OH is 2. The molecule has 3 aliphatic heterocycles. The standard InChI is InChI=1S/C38H70N2O12/c1-15-27-38(10,46)31(42)24(6)40(13)19-20(2)17-36(8,45)33(52-35-29(41)26(39(11)12)16-21(3)48-35)22(4)30(23(5)34(44)50-27)51-28-18-37(9,47-14)32(43)25(7)49-28/h20-31,33,35,41-42,45-46H,15-19H2,1-14H3/t20-,21?,22+,23-,24-,25?,26?,27-,28?,29?,30+,31-,33-,35?,36-,37?,38-/m1/s1. The number of rotatable bonds is 7. The van der Waals surface area contributed by atoms with E-state index in [1.54, 1.807) is 48.5 Å². The largest absolute Gasteiger partial charge is 0.459 e. The lowest BCUT2D eigenvalue weighted by Crippen LogP contribution is -2.60. The summed E-state index contributed by atoms with van der Waals surface area (Å²) in [7, 11) is 7.04. The molecule has 3 rings (SSSR count). The van der Waals surface area contributed by atoms with Crippen molar-refractivity contribution < 1.29 is 58.4 Å². The number of likely N-dealkylation sites (N-methyl/N-ethyl adjacent to an activating group) is 2. The molecule has 52 heavy (non-hydrogen) atoms. The van der Waals surface area contributed by atoms with Crippen LogP contribution in [0.25, 0.3) is 0 Å². The van der Waals surface area contributed by atoms with Crippen molar-refractivity contribution in [2.24, 2.45) is 17.8 Å². The maximum Gasteiger partial charge on any atom is 0.311 e. The Morgan fingerprint density at radius 1 is 0.962 bits per heavy atom. The summed E-state index contributed by atoms with van der Waals surface area (Å²) < 4.78 is 37.2. The van der Waals surface area contributed by atoms with Gasteiger partial charge in [-0.3, -0.25) is 9.59 Å². The van der Waals surface area contributed by atoms with Gasteiger partial charge in [0, 0.05) is 38.1 Å². The molecular weight excluding hydrogens is 676 g/mol. The zero-order chi connectivity index (χ0) is 39.7. The Bertz CT molecular complexity index is 1190. The highest BCUT2D eigenvalue weighted by Crippen LogP contribution is 2.39.